The zero-order chi connectivity index (χ0) is 20.6. The fourth-order valence-corrected chi connectivity index (χ4v) is 4.36. The fourth-order valence-electron chi connectivity index (χ4n) is 4.36. The number of H-pyrrole nitrogens is 1. The molecule has 0 bridgehead atoms. The molecule has 0 spiro atoms. The molecule has 2 aliphatic rings. The fraction of sp³-hybridized carbons (Fsp3) is 0.304. The van der Waals surface area contributed by atoms with Crippen LogP contribution in [-0.2, 0) is 9.59 Å². The van der Waals surface area contributed by atoms with Crippen molar-refractivity contribution < 1.29 is 14.6 Å². The summed E-state index contributed by atoms with van der Waals surface area (Å²) < 4.78 is 0. The maximum atomic E-state index is 13.3. The number of carbonyl (C=O) groups excluding carboxylic acids is 2. The normalized spacial score (nSPS) is 23.2. The van der Waals surface area contributed by atoms with Gasteiger partial charge in [-0.3, -0.25) is 9.59 Å². The smallest absolute Gasteiger partial charge is 0.235 e. The van der Waals surface area contributed by atoms with E-state index >= 15 is 0 Å². The molecular weight excluding hydrogens is 364 g/mol. The van der Waals surface area contributed by atoms with Crippen LogP contribution in [0.2, 0.25) is 0 Å². The summed E-state index contributed by atoms with van der Waals surface area (Å²) in [5.74, 6) is -0.682. The van der Waals surface area contributed by atoms with Gasteiger partial charge in [-0.2, -0.15) is 0 Å². The molecule has 6 heteroatoms. The molecule has 0 saturated carbocycles. The molecule has 1 aliphatic carbocycles. The van der Waals surface area contributed by atoms with Crippen molar-refractivity contribution in [1.29, 1.82) is 0 Å². The topological polar surface area (TPSA) is 85.2 Å². The van der Waals surface area contributed by atoms with Gasteiger partial charge < -0.3 is 10.6 Å². The number of anilines is 1. The first-order valence-electron chi connectivity index (χ1n) is 9.76. The van der Waals surface area contributed by atoms with Crippen molar-refractivity contribution in [3.8, 4) is 0 Å². The Morgan fingerprint density at radius 3 is 2.69 bits per heavy atom. The second-order valence-electron chi connectivity index (χ2n) is 8.48. The van der Waals surface area contributed by atoms with E-state index in [0.717, 1.165) is 17.7 Å². The predicted octanol–water partition coefficient (Wildman–Crippen LogP) is 2.99. The van der Waals surface area contributed by atoms with Crippen LogP contribution in [0.4, 0.5) is 5.82 Å². The van der Waals surface area contributed by atoms with Crippen LogP contribution in [0.25, 0.3) is 0 Å². The lowest BCUT2D eigenvalue weighted by Crippen LogP contribution is -2.44. The van der Waals surface area contributed by atoms with Gasteiger partial charge in [0.2, 0.25) is 5.91 Å². The Bertz CT molecular complexity index is 996. The molecule has 0 radical (unpaired) electrons. The highest BCUT2D eigenvalue weighted by molar-refractivity contribution is 6.03. The third kappa shape index (κ3) is 3.70. The first kappa shape index (κ1) is 19.1. The lowest BCUT2D eigenvalue weighted by atomic mass is 9.66. The molecule has 4 rings (SSSR count). The molecule has 2 aromatic heterocycles. The average molecular weight is 389 g/mol. The summed E-state index contributed by atoms with van der Waals surface area (Å²) in [7, 11) is 0. The molecule has 0 aromatic carbocycles. The highest BCUT2D eigenvalue weighted by Crippen LogP contribution is 2.47. The van der Waals surface area contributed by atoms with Crippen LogP contribution in [0.1, 0.15) is 38.2 Å². The van der Waals surface area contributed by atoms with Crippen LogP contribution in [0.3, 0.4) is 0 Å². The van der Waals surface area contributed by atoms with Gasteiger partial charge in [0.05, 0.1) is 5.92 Å². The highest BCUT2D eigenvalue weighted by atomic mass is 16.2. The monoisotopic (exact) mass is 389 g/mol. The maximum Gasteiger partial charge on any atom is 0.235 e. The number of carbonyl (C=O) groups is 2. The molecular formula is C23H25N4O2+. The van der Waals surface area contributed by atoms with E-state index in [2.05, 4.69) is 41.0 Å². The van der Waals surface area contributed by atoms with Crippen molar-refractivity contribution in [1.82, 2.24) is 10.3 Å². The first-order chi connectivity index (χ1) is 13.9. The molecule has 29 heavy (non-hydrogen) atoms. The minimum Gasteiger partial charge on any atom is -0.362 e. The number of aromatic nitrogens is 2. The number of amides is 1. The maximum absolute atomic E-state index is 13.3. The molecule has 0 fully saturated rings. The summed E-state index contributed by atoms with van der Waals surface area (Å²) in [5, 5.41) is 6.17. The van der Waals surface area contributed by atoms with Crippen molar-refractivity contribution in [3.63, 3.8) is 0 Å². The number of hydrogen-bond acceptors (Lipinski definition) is 4. The molecule has 1 amide bonds. The Balaban J connectivity index is 1.78. The zero-order valence-corrected chi connectivity index (χ0v) is 16.7. The number of pyridine rings is 2. The van der Waals surface area contributed by atoms with Gasteiger partial charge in [0.25, 0.3) is 0 Å². The van der Waals surface area contributed by atoms with Gasteiger partial charge in [0.15, 0.2) is 18.2 Å². The molecule has 6 nitrogen and oxygen atoms in total. The van der Waals surface area contributed by atoms with Gasteiger partial charge in [-0.25, -0.2) is 9.97 Å². The summed E-state index contributed by atoms with van der Waals surface area (Å²) in [6.07, 6.45) is 6.46. The predicted molar refractivity (Wildman–Crippen MR) is 109 cm³/mol. The molecule has 148 valence electrons. The van der Waals surface area contributed by atoms with Crippen LogP contribution in [0.15, 0.2) is 72.5 Å². The van der Waals surface area contributed by atoms with Crippen LogP contribution in [0.5, 0.6) is 0 Å². The third-order valence-electron chi connectivity index (χ3n) is 5.55. The standard InChI is InChI=1S/C23H24N4O2/c1-14-19(22(29)27-18-6-4-5-9-25-18)20(15-7-10-24-11-8-15)21-16(26-14)12-23(2,3)13-17(21)28/h4-11,19-20,26H,1,12-13H2,2-3H3,(H,25,27,29)/p+1. The van der Waals surface area contributed by atoms with Gasteiger partial charge >= 0.3 is 0 Å². The average Bonchev–Trinajstić information content (AvgIpc) is 2.67. The summed E-state index contributed by atoms with van der Waals surface area (Å²) in [6.45, 7) is 8.33. The third-order valence-corrected chi connectivity index (χ3v) is 5.55. The van der Waals surface area contributed by atoms with E-state index in [9.17, 15) is 9.59 Å². The molecule has 3 N–H and O–H groups in total. The Morgan fingerprint density at radius 1 is 1.24 bits per heavy atom. The number of aromatic amines is 1. The van der Waals surface area contributed by atoms with E-state index in [0.29, 0.717) is 23.5 Å². The lowest BCUT2D eigenvalue weighted by Gasteiger charge is -2.42. The van der Waals surface area contributed by atoms with Crippen LogP contribution >= 0.6 is 0 Å². The zero-order valence-electron chi connectivity index (χ0n) is 16.7. The quantitative estimate of drug-likeness (QED) is 0.845. The molecule has 3 heterocycles. The molecule has 2 unspecified atom stereocenters. The highest BCUT2D eigenvalue weighted by Gasteiger charge is 2.46. The van der Waals surface area contributed by atoms with E-state index in [1.165, 1.54) is 0 Å². The Labute approximate surface area is 170 Å². The summed E-state index contributed by atoms with van der Waals surface area (Å²) >= 11 is 0. The molecule has 1 aliphatic heterocycles. The van der Waals surface area contributed by atoms with Crippen LogP contribution < -0.4 is 15.6 Å². The first-order valence-corrected chi connectivity index (χ1v) is 9.76. The van der Waals surface area contributed by atoms with Gasteiger partial charge in [0, 0.05) is 47.6 Å². The van der Waals surface area contributed by atoms with E-state index < -0.39 is 5.92 Å². The van der Waals surface area contributed by atoms with Crippen molar-refractivity contribution in [2.24, 2.45) is 11.3 Å². The Kier molecular flexibility index (Phi) is 4.78. The number of allylic oxidation sites excluding steroid dienone is 2. The largest absolute Gasteiger partial charge is 0.362 e. The van der Waals surface area contributed by atoms with Gasteiger partial charge in [0.1, 0.15) is 5.82 Å². The second kappa shape index (κ2) is 7.28. The van der Waals surface area contributed by atoms with Crippen molar-refractivity contribution in [2.45, 2.75) is 32.6 Å². The van der Waals surface area contributed by atoms with Gasteiger partial charge in [-0.1, -0.05) is 26.5 Å². The van der Waals surface area contributed by atoms with E-state index in [1.807, 2.05) is 30.6 Å². The minimum absolute atomic E-state index is 0.0877. The molecule has 2 atom stereocenters. The van der Waals surface area contributed by atoms with Crippen LogP contribution in [0, 0.1) is 11.3 Å². The SMILES string of the molecule is C=C1NC2=C(C(=O)CC(C)(C)C2)C(c2cc[nH+]cc2)C1C(=O)Nc1ccccn1. The van der Waals surface area contributed by atoms with E-state index in [1.54, 1.807) is 18.3 Å². The van der Waals surface area contributed by atoms with Crippen LogP contribution in [-0.4, -0.2) is 16.7 Å². The Morgan fingerprint density at radius 2 is 2.00 bits per heavy atom. The number of ketones is 1. The molecule has 0 saturated heterocycles. The van der Waals surface area contributed by atoms with Crippen molar-refractivity contribution >= 4 is 17.5 Å². The molecule has 2 aromatic rings. The number of nitrogens with zero attached hydrogens (tertiary/aromatic N) is 1. The van der Waals surface area contributed by atoms with E-state index in [4.69, 9.17) is 0 Å². The van der Waals surface area contributed by atoms with Gasteiger partial charge in [-0.05, 0) is 29.5 Å². The van der Waals surface area contributed by atoms with Crippen molar-refractivity contribution in [3.05, 3.63) is 78.0 Å². The Hall–Kier alpha value is -3.28. The van der Waals surface area contributed by atoms with Gasteiger partial charge in [-0.15, -0.1) is 0 Å². The summed E-state index contributed by atoms with van der Waals surface area (Å²) in [5.41, 5.74) is 2.97. The number of nitrogens with one attached hydrogen (secondary N) is 3. The number of rotatable bonds is 3. The van der Waals surface area contributed by atoms with E-state index in [-0.39, 0.29) is 23.0 Å². The van der Waals surface area contributed by atoms with Crippen molar-refractivity contribution in [2.75, 3.05) is 5.32 Å². The minimum atomic E-state index is -0.622. The second-order valence-corrected chi connectivity index (χ2v) is 8.48. The number of hydrogen-bond donors (Lipinski definition) is 2. The summed E-state index contributed by atoms with van der Waals surface area (Å²) in [6, 6.07) is 9.18. The number of Topliss-reactive ketones (excluding diaryl/α,β-unsaturated/α-hetero) is 1. The lowest BCUT2D eigenvalue weighted by molar-refractivity contribution is -0.378. The summed E-state index contributed by atoms with van der Waals surface area (Å²) in [4.78, 5) is 33.7.